The van der Waals surface area contributed by atoms with E-state index in [1.54, 1.807) is 19.2 Å². The summed E-state index contributed by atoms with van der Waals surface area (Å²) >= 11 is 11.5. The number of ether oxygens (including phenoxy) is 2. The predicted octanol–water partition coefficient (Wildman–Crippen LogP) is 3.15. The summed E-state index contributed by atoms with van der Waals surface area (Å²) in [6.45, 7) is 5.65. The van der Waals surface area contributed by atoms with Crippen molar-refractivity contribution >= 4 is 34.6 Å². The van der Waals surface area contributed by atoms with Crippen LogP contribution in [0.5, 0.6) is 5.75 Å². The molecule has 0 unspecified atom stereocenters. The first-order valence-corrected chi connectivity index (χ1v) is 7.33. The van der Waals surface area contributed by atoms with Crippen LogP contribution in [0.4, 0.5) is 5.69 Å². The van der Waals surface area contributed by atoms with Crippen LogP contribution >= 0.6 is 23.8 Å². The van der Waals surface area contributed by atoms with Gasteiger partial charge in [-0.1, -0.05) is 11.6 Å². The van der Waals surface area contributed by atoms with Crippen molar-refractivity contribution in [2.75, 3.05) is 25.5 Å². The molecule has 2 atom stereocenters. The van der Waals surface area contributed by atoms with Gasteiger partial charge in [-0.3, -0.25) is 0 Å². The van der Waals surface area contributed by atoms with Crippen molar-refractivity contribution < 1.29 is 9.47 Å². The van der Waals surface area contributed by atoms with E-state index in [2.05, 4.69) is 10.2 Å². The molecule has 0 aromatic heterocycles. The number of hydrogen-bond acceptors (Lipinski definition) is 3. The van der Waals surface area contributed by atoms with Gasteiger partial charge >= 0.3 is 0 Å². The first kappa shape index (κ1) is 15.4. The lowest BCUT2D eigenvalue weighted by Crippen LogP contribution is -2.49. The Bertz CT molecular complexity index is 488. The zero-order valence-corrected chi connectivity index (χ0v) is 13.4. The normalized spacial score (nSPS) is 22.5. The largest absolute Gasteiger partial charge is 0.495 e. The highest BCUT2D eigenvalue weighted by atomic mass is 35.5. The summed E-state index contributed by atoms with van der Waals surface area (Å²) in [6, 6.07) is 5.41. The van der Waals surface area contributed by atoms with Crippen molar-refractivity contribution in [1.29, 1.82) is 0 Å². The number of benzene rings is 1. The van der Waals surface area contributed by atoms with E-state index in [9.17, 15) is 0 Å². The summed E-state index contributed by atoms with van der Waals surface area (Å²) in [6.07, 6.45) is 0.333. The van der Waals surface area contributed by atoms with Gasteiger partial charge in [0.05, 0.1) is 25.0 Å². The molecule has 1 aromatic carbocycles. The molecular weight excluding hydrogens is 296 g/mol. The van der Waals surface area contributed by atoms with E-state index in [4.69, 9.17) is 33.3 Å². The maximum absolute atomic E-state index is 6.02. The molecule has 1 fully saturated rings. The third kappa shape index (κ3) is 3.75. The number of anilines is 1. The Morgan fingerprint density at radius 2 is 2.05 bits per heavy atom. The van der Waals surface area contributed by atoms with E-state index in [0.29, 0.717) is 15.9 Å². The van der Waals surface area contributed by atoms with Crippen molar-refractivity contribution in [1.82, 2.24) is 4.90 Å². The summed E-state index contributed by atoms with van der Waals surface area (Å²) in [5.41, 5.74) is 0.775. The molecule has 1 saturated heterocycles. The molecule has 1 aliphatic heterocycles. The average Bonchev–Trinajstić information content (AvgIpc) is 2.37. The Morgan fingerprint density at radius 1 is 1.40 bits per heavy atom. The van der Waals surface area contributed by atoms with E-state index in [1.165, 1.54) is 0 Å². The minimum Gasteiger partial charge on any atom is -0.495 e. The Hall–Kier alpha value is -1.04. The molecule has 20 heavy (non-hydrogen) atoms. The van der Waals surface area contributed by atoms with Gasteiger partial charge in [0.1, 0.15) is 5.75 Å². The lowest BCUT2D eigenvalue weighted by atomic mass is 10.2. The minimum absolute atomic E-state index is 0.166. The SMILES string of the molecule is COc1ccc(Cl)cc1NC(=S)N1C[C@H](C)O[C@@H](C)C1. The second-order valence-corrected chi connectivity index (χ2v) is 5.76. The molecule has 0 aliphatic carbocycles. The van der Waals surface area contributed by atoms with E-state index in [1.807, 2.05) is 19.9 Å². The third-order valence-electron chi connectivity index (χ3n) is 3.11. The number of nitrogens with zero attached hydrogens (tertiary/aromatic N) is 1. The van der Waals surface area contributed by atoms with Crippen LogP contribution in [-0.2, 0) is 4.74 Å². The summed E-state index contributed by atoms with van der Waals surface area (Å²) in [5.74, 6) is 0.714. The van der Waals surface area contributed by atoms with Crippen molar-refractivity contribution in [2.24, 2.45) is 0 Å². The van der Waals surface area contributed by atoms with Crippen LogP contribution in [-0.4, -0.2) is 42.4 Å². The first-order chi connectivity index (χ1) is 9.49. The molecule has 1 aliphatic rings. The number of hydrogen-bond donors (Lipinski definition) is 1. The molecule has 4 nitrogen and oxygen atoms in total. The molecule has 1 N–H and O–H groups in total. The topological polar surface area (TPSA) is 33.7 Å². The van der Waals surface area contributed by atoms with Crippen molar-refractivity contribution in [3.8, 4) is 5.75 Å². The van der Waals surface area contributed by atoms with Gasteiger partial charge in [0.2, 0.25) is 0 Å². The number of thiocarbonyl (C=S) groups is 1. The molecule has 0 saturated carbocycles. The van der Waals surface area contributed by atoms with Gasteiger partial charge in [0.15, 0.2) is 5.11 Å². The van der Waals surface area contributed by atoms with E-state index in [0.717, 1.165) is 18.8 Å². The number of halogens is 1. The van der Waals surface area contributed by atoms with Gasteiger partial charge < -0.3 is 19.7 Å². The molecule has 0 radical (unpaired) electrons. The second-order valence-electron chi connectivity index (χ2n) is 4.94. The Balaban J connectivity index is 2.09. The standard InChI is InChI=1S/C14H19ClN2O2S/c1-9-7-17(8-10(2)19-9)14(20)16-12-6-11(15)4-5-13(12)18-3/h4-6,9-10H,7-8H2,1-3H3,(H,16,20)/t9-,10-/m0/s1. The smallest absolute Gasteiger partial charge is 0.173 e. The molecule has 1 aromatic rings. The van der Waals surface area contributed by atoms with Crippen LogP contribution < -0.4 is 10.1 Å². The van der Waals surface area contributed by atoms with E-state index >= 15 is 0 Å². The van der Waals surface area contributed by atoms with Crippen LogP contribution in [0.15, 0.2) is 18.2 Å². The van der Waals surface area contributed by atoms with Gasteiger partial charge in [-0.2, -0.15) is 0 Å². The monoisotopic (exact) mass is 314 g/mol. The van der Waals surface area contributed by atoms with Gasteiger partial charge in [-0.05, 0) is 44.3 Å². The van der Waals surface area contributed by atoms with Gasteiger partial charge in [-0.15, -0.1) is 0 Å². The molecule has 1 heterocycles. The maximum Gasteiger partial charge on any atom is 0.173 e. The van der Waals surface area contributed by atoms with E-state index in [-0.39, 0.29) is 12.2 Å². The molecule has 6 heteroatoms. The molecule has 0 bridgehead atoms. The highest BCUT2D eigenvalue weighted by Crippen LogP contribution is 2.28. The van der Waals surface area contributed by atoms with Gasteiger partial charge in [0.25, 0.3) is 0 Å². The zero-order chi connectivity index (χ0) is 14.7. The summed E-state index contributed by atoms with van der Waals surface area (Å²) < 4.78 is 11.0. The highest BCUT2D eigenvalue weighted by molar-refractivity contribution is 7.80. The van der Waals surface area contributed by atoms with Crippen molar-refractivity contribution in [3.63, 3.8) is 0 Å². The van der Waals surface area contributed by atoms with Crippen molar-refractivity contribution in [2.45, 2.75) is 26.1 Å². The van der Waals surface area contributed by atoms with Crippen molar-refractivity contribution in [3.05, 3.63) is 23.2 Å². The fourth-order valence-electron chi connectivity index (χ4n) is 2.32. The molecule has 0 spiro atoms. The van der Waals surface area contributed by atoms with E-state index < -0.39 is 0 Å². The Labute approximate surface area is 130 Å². The fraction of sp³-hybridized carbons (Fsp3) is 0.500. The maximum atomic E-state index is 6.02. The number of nitrogens with one attached hydrogen (secondary N) is 1. The molecule has 2 rings (SSSR count). The van der Waals surface area contributed by atoms with Crippen LogP contribution in [0, 0.1) is 0 Å². The van der Waals surface area contributed by atoms with Crippen LogP contribution in [0.1, 0.15) is 13.8 Å². The summed E-state index contributed by atoms with van der Waals surface area (Å²) in [7, 11) is 1.62. The first-order valence-electron chi connectivity index (χ1n) is 6.54. The van der Waals surface area contributed by atoms with Gasteiger partial charge in [-0.25, -0.2) is 0 Å². The average molecular weight is 315 g/mol. The molecule has 110 valence electrons. The number of rotatable bonds is 2. The fourth-order valence-corrected chi connectivity index (χ4v) is 2.75. The van der Waals surface area contributed by atoms with Gasteiger partial charge in [0, 0.05) is 18.1 Å². The third-order valence-corrected chi connectivity index (χ3v) is 3.71. The Kier molecular flexibility index (Phi) is 5.07. The van der Waals surface area contributed by atoms with Crippen LogP contribution in [0.2, 0.25) is 5.02 Å². The predicted molar refractivity (Wildman–Crippen MR) is 85.8 cm³/mol. The summed E-state index contributed by atoms with van der Waals surface area (Å²) in [5, 5.41) is 4.50. The quantitative estimate of drug-likeness (QED) is 0.848. The zero-order valence-electron chi connectivity index (χ0n) is 11.9. The second kappa shape index (κ2) is 6.61. The number of methoxy groups -OCH3 is 1. The lowest BCUT2D eigenvalue weighted by molar-refractivity contribution is -0.0473. The van der Waals surface area contributed by atoms with Crippen LogP contribution in [0.25, 0.3) is 0 Å². The molecule has 0 amide bonds. The molecular formula is C14H19ClN2O2S. The highest BCUT2D eigenvalue weighted by Gasteiger charge is 2.24. The minimum atomic E-state index is 0.166. The van der Waals surface area contributed by atoms with Crippen LogP contribution in [0.3, 0.4) is 0 Å². The lowest BCUT2D eigenvalue weighted by Gasteiger charge is -2.37. The summed E-state index contributed by atoms with van der Waals surface area (Å²) in [4.78, 5) is 2.11. The number of morpholine rings is 1. The Morgan fingerprint density at radius 3 is 2.65 bits per heavy atom.